The first-order valence-electron chi connectivity index (χ1n) is 18.1. The van der Waals surface area contributed by atoms with Crippen molar-refractivity contribution in [1.82, 2.24) is 0 Å². The zero-order chi connectivity index (χ0) is 38.7. The van der Waals surface area contributed by atoms with Gasteiger partial charge < -0.3 is 0 Å². The van der Waals surface area contributed by atoms with Crippen LogP contribution in [0.2, 0.25) is 0 Å². The fraction of sp³-hybridized carbons (Fsp3) is 0.400. The van der Waals surface area contributed by atoms with Crippen LogP contribution < -0.4 is 21.9 Å². The molecule has 0 aliphatic rings. The quantitative estimate of drug-likeness (QED) is 0.0377. The third-order valence-corrected chi connectivity index (χ3v) is 13.7. The first-order valence-corrected chi connectivity index (χ1v) is 22.0. The lowest BCUT2D eigenvalue weighted by molar-refractivity contribution is 0.542. The van der Waals surface area contributed by atoms with Crippen LogP contribution in [0.15, 0.2) is 68.1 Å². The summed E-state index contributed by atoms with van der Waals surface area (Å²) in [4.78, 5) is -1.25. The lowest BCUT2D eigenvalue weighted by Gasteiger charge is -2.44. The molecule has 0 aromatic heterocycles. The van der Waals surface area contributed by atoms with Gasteiger partial charge in [0, 0.05) is 0 Å². The molecule has 4 rings (SSSR count). The Morgan fingerprint density at radius 3 is 0.660 bits per heavy atom. The number of halogens is 8. The number of rotatable bonds is 20. The average Bonchev–Trinajstić information content (AvgIpc) is 3.10. The van der Waals surface area contributed by atoms with Crippen molar-refractivity contribution in [2.75, 3.05) is 23.0 Å². The van der Waals surface area contributed by atoms with Gasteiger partial charge in [-0.2, -0.15) is 21.9 Å². The van der Waals surface area contributed by atoms with E-state index in [0.717, 1.165) is 121 Å². The van der Waals surface area contributed by atoms with Crippen molar-refractivity contribution in [3.63, 3.8) is 0 Å². The van der Waals surface area contributed by atoms with Gasteiger partial charge in [0.1, 0.15) is 52.7 Å². The summed E-state index contributed by atoms with van der Waals surface area (Å²) in [6.07, 6.45) is 2.32. The van der Waals surface area contributed by atoms with Crippen LogP contribution in [0.25, 0.3) is 0 Å². The Labute approximate surface area is 325 Å². The van der Waals surface area contributed by atoms with Crippen molar-refractivity contribution in [2.45, 2.75) is 98.6 Å². The standard InChI is InChI=1S/C40H44BF8S4/c1-5-9-13-50-37-29(42)17-25(18-30(37)43)41(26-19-31(44)38(32(45)20-26)51-14-10-6-2,27-21-33(46)39(34(47)22-27)52-15-11-7-3)28-23-35(48)40(36(49)24-28)53-16-12-8-4/h17-24H,5-16H2,1-4H3/q-1. The fourth-order valence-corrected chi connectivity index (χ4v) is 10.4. The number of benzene rings is 4. The van der Waals surface area contributed by atoms with Crippen molar-refractivity contribution >= 4 is 75.0 Å². The van der Waals surface area contributed by atoms with Crippen LogP contribution >= 0.6 is 47.0 Å². The van der Waals surface area contributed by atoms with Crippen LogP contribution in [0, 0.1) is 46.5 Å². The molecule has 0 unspecified atom stereocenters. The molecule has 288 valence electrons. The van der Waals surface area contributed by atoms with Gasteiger partial charge >= 0.3 is 0 Å². The van der Waals surface area contributed by atoms with Gasteiger partial charge in [-0.1, -0.05) is 102 Å². The highest BCUT2D eigenvalue weighted by molar-refractivity contribution is 8.00. The first kappa shape index (κ1) is 43.5. The second-order valence-corrected chi connectivity index (χ2v) is 17.3. The Hall–Kier alpha value is -2.22. The van der Waals surface area contributed by atoms with E-state index in [1.807, 2.05) is 27.7 Å². The summed E-state index contributed by atoms with van der Waals surface area (Å²) < 4.78 is 129. The molecular formula is C40H44BF8S4-. The topological polar surface area (TPSA) is 0 Å². The summed E-state index contributed by atoms with van der Waals surface area (Å²) in [6.45, 7) is 7.71. The Morgan fingerprint density at radius 2 is 0.509 bits per heavy atom. The van der Waals surface area contributed by atoms with Gasteiger partial charge in [0.2, 0.25) is 0 Å². The van der Waals surface area contributed by atoms with Crippen molar-refractivity contribution in [2.24, 2.45) is 0 Å². The van der Waals surface area contributed by atoms with Gasteiger partial charge in [0.05, 0.1) is 19.6 Å². The molecule has 0 saturated heterocycles. The molecule has 0 bridgehead atoms. The molecule has 0 aliphatic heterocycles. The van der Waals surface area contributed by atoms with Gasteiger partial charge in [0.15, 0.2) is 0 Å². The minimum absolute atomic E-state index is 0.305. The molecule has 0 fully saturated rings. The van der Waals surface area contributed by atoms with E-state index in [4.69, 9.17) is 0 Å². The summed E-state index contributed by atoms with van der Waals surface area (Å²) in [6, 6.07) is 7.53. The average molecular weight is 816 g/mol. The maximum absolute atomic E-state index is 16.1. The highest BCUT2D eigenvalue weighted by Crippen LogP contribution is 2.32. The maximum Gasteiger partial charge on any atom is 0.136 e. The summed E-state index contributed by atoms with van der Waals surface area (Å²) in [5.41, 5.74) is -1.22. The molecule has 0 saturated carbocycles. The van der Waals surface area contributed by atoms with E-state index >= 15 is 35.1 Å². The van der Waals surface area contributed by atoms with Crippen molar-refractivity contribution < 1.29 is 35.1 Å². The Bertz CT molecular complexity index is 1490. The molecule has 0 N–H and O–H groups in total. The van der Waals surface area contributed by atoms with Crippen molar-refractivity contribution in [1.29, 1.82) is 0 Å². The Balaban J connectivity index is 2.15. The fourth-order valence-electron chi connectivity index (χ4n) is 6.30. The summed E-state index contributed by atoms with van der Waals surface area (Å²) in [5, 5.41) is 0. The number of unbranched alkanes of at least 4 members (excludes halogenated alkanes) is 4. The molecule has 0 heterocycles. The van der Waals surface area contributed by atoms with Crippen LogP contribution in [0.1, 0.15) is 79.1 Å². The van der Waals surface area contributed by atoms with Crippen LogP contribution in [-0.4, -0.2) is 29.2 Å². The van der Waals surface area contributed by atoms with E-state index in [0.29, 0.717) is 48.7 Å². The zero-order valence-corrected chi connectivity index (χ0v) is 33.6. The molecular weight excluding hydrogens is 772 g/mol. The van der Waals surface area contributed by atoms with E-state index < -0.39 is 52.7 Å². The third kappa shape index (κ3) is 10.2. The van der Waals surface area contributed by atoms with Crippen LogP contribution in [0.3, 0.4) is 0 Å². The molecule has 0 aliphatic carbocycles. The van der Waals surface area contributed by atoms with Crippen LogP contribution in [0.4, 0.5) is 35.1 Å². The highest BCUT2D eigenvalue weighted by Gasteiger charge is 2.37. The van der Waals surface area contributed by atoms with Gasteiger partial charge in [-0.15, -0.1) is 47.0 Å². The number of thioether (sulfide) groups is 4. The minimum atomic E-state index is -3.46. The van der Waals surface area contributed by atoms with E-state index in [-0.39, 0.29) is 41.4 Å². The molecule has 4 aromatic carbocycles. The Morgan fingerprint density at radius 1 is 0.340 bits per heavy atom. The molecule has 4 aromatic rings. The molecule has 0 atom stereocenters. The molecule has 0 amide bonds. The largest absolute Gasteiger partial charge is 0.206 e. The minimum Gasteiger partial charge on any atom is -0.206 e. The van der Waals surface area contributed by atoms with Crippen molar-refractivity contribution in [3.05, 3.63) is 95.1 Å². The summed E-state index contributed by atoms with van der Waals surface area (Å²) in [7, 11) is 0. The van der Waals surface area contributed by atoms with Crippen LogP contribution in [-0.2, 0) is 0 Å². The van der Waals surface area contributed by atoms with E-state index in [2.05, 4.69) is 0 Å². The normalized spacial score (nSPS) is 11.8. The van der Waals surface area contributed by atoms with Gasteiger partial charge in [-0.3, -0.25) is 0 Å². The number of hydrogen-bond acceptors (Lipinski definition) is 4. The Kier molecular flexibility index (Phi) is 16.9. The first-order chi connectivity index (χ1) is 25.4. The van der Waals surface area contributed by atoms with Crippen molar-refractivity contribution in [3.8, 4) is 0 Å². The van der Waals surface area contributed by atoms with E-state index in [1.165, 1.54) is 0 Å². The third-order valence-electron chi connectivity index (χ3n) is 9.06. The van der Waals surface area contributed by atoms with E-state index in [1.54, 1.807) is 0 Å². The number of hydrogen-bond donors (Lipinski definition) is 0. The van der Waals surface area contributed by atoms with E-state index in [9.17, 15) is 0 Å². The molecule has 0 spiro atoms. The second kappa shape index (κ2) is 20.6. The molecule has 0 radical (unpaired) electrons. The lowest BCUT2D eigenvalue weighted by atomic mass is 9.13. The summed E-state index contributed by atoms with van der Waals surface area (Å²) in [5.74, 6) is -6.63. The zero-order valence-electron chi connectivity index (χ0n) is 30.3. The highest BCUT2D eigenvalue weighted by atomic mass is 32.2. The van der Waals surface area contributed by atoms with Gasteiger partial charge in [-0.25, -0.2) is 35.1 Å². The van der Waals surface area contributed by atoms with Gasteiger partial charge in [0.25, 0.3) is 0 Å². The van der Waals surface area contributed by atoms with Gasteiger partial charge in [-0.05, 0) is 48.7 Å². The monoisotopic (exact) mass is 815 g/mol. The molecule has 0 nitrogen and oxygen atoms in total. The second-order valence-electron chi connectivity index (χ2n) is 12.9. The smallest absolute Gasteiger partial charge is 0.136 e. The lowest BCUT2D eigenvalue weighted by Crippen LogP contribution is -2.75. The van der Waals surface area contributed by atoms with Crippen LogP contribution in [0.5, 0.6) is 0 Å². The molecule has 53 heavy (non-hydrogen) atoms. The summed E-state index contributed by atoms with van der Waals surface area (Å²) >= 11 is 3.77. The SMILES string of the molecule is CCCCSc1c(F)cc([B-](c2cc(F)c(SCCCC)c(F)c2)(c2cc(F)c(SCCCC)c(F)c2)c2cc(F)c(SCCCC)c(F)c2)cc1F. The predicted octanol–water partition coefficient (Wildman–Crippen LogP) is 11.7. The maximum atomic E-state index is 16.1. The predicted molar refractivity (Wildman–Crippen MR) is 212 cm³/mol. The molecule has 13 heteroatoms.